The summed E-state index contributed by atoms with van der Waals surface area (Å²) in [5.41, 5.74) is 3.98. The number of rotatable bonds is 3. The van der Waals surface area contributed by atoms with Crippen LogP contribution in [0, 0.1) is 18.3 Å². The van der Waals surface area contributed by atoms with Gasteiger partial charge in [0.25, 0.3) is 0 Å². The standard InChI is InChI=1S/C13H16N2/c1-4-11(9-14)13-7-6-12(15-5-2)8-10(13)3/h4,6-8,15H,5H2,1-3H3/b11-4+. The first-order valence-corrected chi connectivity index (χ1v) is 5.14. The quantitative estimate of drug-likeness (QED) is 0.759. The van der Waals surface area contributed by atoms with E-state index in [1.807, 2.05) is 32.1 Å². The average Bonchev–Trinajstić information content (AvgIpc) is 2.23. The van der Waals surface area contributed by atoms with E-state index in [-0.39, 0.29) is 0 Å². The number of anilines is 1. The van der Waals surface area contributed by atoms with Crippen LogP contribution in [0.25, 0.3) is 5.57 Å². The first-order valence-electron chi connectivity index (χ1n) is 5.14. The van der Waals surface area contributed by atoms with E-state index < -0.39 is 0 Å². The third-order valence-electron chi connectivity index (χ3n) is 2.31. The minimum Gasteiger partial charge on any atom is -0.385 e. The summed E-state index contributed by atoms with van der Waals surface area (Å²) in [7, 11) is 0. The van der Waals surface area contributed by atoms with Crippen molar-refractivity contribution in [3.05, 3.63) is 35.4 Å². The SMILES string of the molecule is C/C=C(\C#N)c1ccc(NCC)cc1C. The first kappa shape index (κ1) is 11.3. The summed E-state index contributed by atoms with van der Waals surface area (Å²) in [6.07, 6.45) is 1.84. The molecule has 0 unspecified atom stereocenters. The van der Waals surface area contributed by atoms with Crippen molar-refractivity contribution in [2.24, 2.45) is 0 Å². The van der Waals surface area contributed by atoms with Gasteiger partial charge in [0.1, 0.15) is 0 Å². The molecule has 0 saturated carbocycles. The third kappa shape index (κ3) is 2.60. The maximum atomic E-state index is 8.94. The Balaban J connectivity index is 3.09. The van der Waals surface area contributed by atoms with Crippen molar-refractivity contribution < 1.29 is 0 Å². The summed E-state index contributed by atoms with van der Waals surface area (Å²) in [5.74, 6) is 0. The van der Waals surface area contributed by atoms with Crippen LogP contribution in [-0.4, -0.2) is 6.54 Å². The molecule has 78 valence electrons. The van der Waals surface area contributed by atoms with Gasteiger partial charge in [-0.05, 0) is 44.0 Å². The highest BCUT2D eigenvalue weighted by molar-refractivity contribution is 5.79. The van der Waals surface area contributed by atoms with Crippen molar-refractivity contribution in [1.82, 2.24) is 0 Å². The number of nitriles is 1. The van der Waals surface area contributed by atoms with E-state index in [4.69, 9.17) is 5.26 Å². The first-order chi connectivity index (χ1) is 7.22. The molecule has 0 radical (unpaired) electrons. The lowest BCUT2D eigenvalue weighted by Gasteiger charge is -2.08. The summed E-state index contributed by atoms with van der Waals surface area (Å²) in [5, 5.41) is 12.2. The molecule has 0 saturated heterocycles. The van der Waals surface area contributed by atoms with Crippen LogP contribution in [0.5, 0.6) is 0 Å². The van der Waals surface area contributed by atoms with Gasteiger partial charge < -0.3 is 5.32 Å². The van der Waals surface area contributed by atoms with E-state index in [1.54, 1.807) is 0 Å². The minimum absolute atomic E-state index is 0.732. The zero-order valence-corrected chi connectivity index (χ0v) is 9.46. The van der Waals surface area contributed by atoms with Gasteiger partial charge in [0.15, 0.2) is 0 Å². The van der Waals surface area contributed by atoms with E-state index >= 15 is 0 Å². The lowest BCUT2D eigenvalue weighted by Crippen LogP contribution is -1.97. The molecule has 0 aliphatic rings. The van der Waals surface area contributed by atoms with Crippen LogP contribution in [0.4, 0.5) is 5.69 Å². The van der Waals surface area contributed by atoms with Gasteiger partial charge >= 0.3 is 0 Å². The maximum Gasteiger partial charge on any atom is 0.0994 e. The number of nitrogens with one attached hydrogen (secondary N) is 1. The molecule has 0 atom stereocenters. The van der Waals surface area contributed by atoms with Crippen LogP contribution in [0.1, 0.15) is 25.0 Å². The Kier molecular flexibility index (Phi) is 3.93. The molecule has 0 aromatic heterocycles. The predicted octanol–water partition coefficient (Wildman–Crippen LogP) is 3.35. The van der Waals surface area contributed by atoms with Crippen molar-refractivity contribution in [3.8, 4) is 6.07 Å². The zero-order chi connectivity index (χ0) is 11.3. The second kappa shape index (κ2) is 5.21. The van der Waals surface area contributed by atoms with E-state index in [0.717, 1.165) is 28.9 Å². The Morgan fingerprint density at radius 1 is 1.53 bits per heavy atom. The van der Waals surface area contributed by atoms with Gasteiger partial charge in [-0.2, -0.15) is 5.26 Å². The van der Waals surface area contributed by atoms with Gasteiger partial charge in [0.05, 0.1) is 11.6 Å². The Morgan fingerprint density at radius 2 is 2.27 bits per heavy atom. The molecule has 1 rings (SSSR count). The van der Waals surface area contributed by atoms with Crippen molar-refractivity contribution in [3.63, 3.8) is 0 Å². The Hall–Kier alpha value is -1.75. The number of hydrogen-bond acceptors (Lipinski definition) is 2. The molecular formula is C13H16N2. The summed E-state index contributed by atoms with van der Waals surface area (Å²) in [4.78, 5) is 0. The van der Waals surface area contributed by atoms with Gasteiger partial charge in [-0.1, -0.05) is 12.1 Å². The number of aryl methyl sites for hydroxylation is 1. The molecule has 0 amide bonds. The van der Waals surface area contributed by atoms with E-state index in [9.17, 15) is 0 Å². The molecule has 0 bridgehead atoms. The molecular weight excluding hydrogens is 184 g/mol. The van der Waals surface area contributed by atoms with Crippen LogP contribution in [0.2, 0.25) is 0 Å². The van der Waals surface area contributed by atoms with E-state index in [0.29, 0.717) is 0 Å². The monoisotopic (exact) mass is 200 g/mol. The van der Waals surface area contributed by atoms with Crippen LogP contribution in [0.15, 0.2) is 24.3 Å². The minimum atomic E-state index is 0.732. The third-order valence-corrected chi connectivity index (χ3v) is 2.31. The molecule has 1 N–H and O–H groups in total. The van der Waals surface area contributed by atoms with Gasteiger partial charge in [0.2, 0.25) is 0 Å². The number of hydrogen-bond donors (Lipinski definition) is 1. The molecule has 0 heterocycles. The normalized spacial score (nSPS) is 10.9. The lowest BCUT2D eigenvalue weighted by atomic mass is 10.0. The summed E-state index contributed by atoms with van der Waals surface area (Å²) in [6, 6.07) is 8.27. The highest BCUT2D eigenvalue weighted by atomic mass is 14.8. The molecule has 0 fully saturated rings. The summed E-state index contributed by atoms with van der Waals surface area (Å²) in [6.45, 7) is 6.89. The fraction of sp³-hybridized carbons (Fsp3) is 0.308. The van der Waals surface area contributed by atoms with Crippen molar-refractivity contribution in [2.75, 3.05) is 11.9 Å². The Bertz CT molecular complexity index is 411. The van der Waals surface area contributed by atoms with Gasteiger partial charge in [-0.25, -0.2) is 0 Å². The van der Waals surface area contributed by atoms with Gasteiger partial charge in [0, 0.05) is 12.2 Å². The van der Waals surface area contributed by atoms with Crippen LogP contribution < -0.4 is 5.32 Å². The van der Waals surface area contributed by atoms with E-state index in [1.165, 1.54) is 0 Å². The number of benzene rings is 1. The maximum absolute atomic E-state index is 8.94. The number of nitrogens with zero attached hydrogens (tertiary/aromatic N) is 1. The molecule has 0 aliphatic carbocycles. The van der Waals surface area contributed by atoms with Crippen molar-refractivity contribution in [2.45, 2.75) is 20.8 Å². The fourth-order valence-corrected chi connectivity index (χ4v) is 1.56. The smallest absolute Gasteiger partial charge is 0.0994 e. The highest BCUT2D eigenvalue weighted by Crippen LogP contribution is 2.21. The van der Waals surface area contributed by atoms with Gasteiger partial charge in [-0.15, -0.1) is 0 Å². The summed E-state index contributed by atoms with van der Waals surface area (Å²) < 4.78 is 0. The van der Waals surface area contributed by atoms with Crippen LogP contribution in [0.3, 0.4) is 0 Å². The van der Waals surface area contributed by atoms with Crippen molar-refractivity contribution >= 4 is 11.3 Å². The molecule has 2 nitrogen and oxygen atoms in total. The fourth-order valence-electron chi connectivity index (χ4n) is 1.56. The van der Waals surface area contributed by atoms with E-state index in [2.05, 4.69) is 24.4 Å². The van der Waals surface area contributed by atoms with Gasteiger partial charge in [-0.3, -0.25) is 0 Å². The van der Waals surface area contributed by atoms with Crippen molar-refractivity contribution in [1.29, 1.82) is 5.26 Å². The number of allylic oxidation sites excluding steroid dienone is 2. The Morgan fingerprint density at radius 3 is 2.73 bits per heavy atom. The second-order valence-corrected chi connectivity index (χ2v) is 3.37. The molecule has 1 aromatic rings. The topological polar surface area (TPSA) is 35.8 Å². The zero-order valence-electron chi connectivity index (χ0n) is 9.46. The second-order valence-electron chi connectivity index (χ2n) is 3.37. The molecule has 0 aliphatic heterocycles. The lowest BCUT2D eigenvalue weighted by molar-refractivity contribution is 1.21. The highest BCUT2D eigenvalue weighted by Gasteiger charge is 2.03. The predicted molar refractivity (Wildman–Crippen MR) is 64.6 cm³/mol. The molecule has 0 spiro atoms. The molecule has 15 heavy (non-hydrogen) atoms. The van der Waals surface area contributed by atoms with Crippen LogP contribution >= 0.6 is 0 Å². The Labute approximate surface area is 91.2 Å². The summed E-state index contributed by atoms with van der Waals surface area (Å²) >= 11 is 0. The molecule has 2 heteroatoms. The average molecular weight is 200 g/mol. The largest absolute Gasteiger partial charge is 0.385 e. The van der Waals surface area contributed by atoms with Crippen LogP contribution in [-0.2, 0) is 0 Å². The molecule has 1 aromatic carbocycles.